The van der Waals surface area contributed by atoms with Crippen LogP contribution in [-0.2, 0) is 6.42 Å². The van der Waals surface area contributed by atoms with Crippen LogP contribution < -0.4 is 0 Å². The van der Waals surface area contributed by atoms with Crippen molar-refractivity contribution in [2.45, 2.75) is 6.42 Å². The molecular formula is C10H8BrClN2. The lowest BCUT2D eigenvalue weighted by molar-refractivity contribution is 1.09. The van der Waals surface area contributed by atoms with Crippen molar-refractivity contribution in [1.29, 1.82) is 0 Å². The highest BCUT2D eigenvalue weighted by Gasteiger charge is 2.00. The molecule has 0 saturated heterocycles. The topological polar surface area (TPSA) is 28.7 Å². The van der Waals surface area contributed by atoms with Gasteiger partial charge in [-0.2, -0.15) is 5.10 Å². The third-order valence-corrected chi connectivity index (χ3v) is 2.56. The van der Waals surface area contributed by atoms with Crippen molar-refractivity contribution < 1.29 is 0 Å². The van der Waals surface area contributed by atoms with Crippen LogP contribution in [0.15, 0.2) is 35.1 Å². The second-order valence-electron chi connectivity index (χ2n) is 3.06. The highest BCUT2D eigenvalue weighted by atomic mass is 79.9. The van der Waals surface area contributed by atoms with Crippen molar-refractivity contribution in [3.63, 3.8) is 0 Å². The molecule has 0 aliphatic carbocycles. The van der Waals surface area contributed by atoms with Crippen LogP contribution >= 0.6 is 27.5 Å². The molecule has 0 fully saturated rings. The number of nitrogens with one attached hydrogen (secondary N) is 1. The van der Waals surface area contributed by atoms with E-state index < -0.39 is 0 Å². The van der Waals surface area contributed by atoms with Gasteiger partial charge in [0.1, 0.15) is 0 Å². The van der Waals surface area contributed by atoms with E-state index >= 15 is 0 Å². The van der Waals surface area contributed by atoms with E-state index in [0.29, 0.717) is 0 Å². The van der Waals surface area contributed by atoms with E-state index in [-0.39, 0.29) is 0 Å². The molecule has 0 unspecified atom stereocenters. The van der Waals surface area contributed by atoms with Gasteiger partial charge in [0.15, 0.2) is 0 Å². The van der Waals surface area contributed by atoms with Gasteiger partial charge in [-0.1, -0.05) is 27.5 Å². The van der Waals surface area contributed by atoms with Crippen LogP contribution in [0.3, 0.4) is 0 Å². The lowest BCUT2D eigenvalue weighted by Gasteiger charge is -2.00. The second kappa shape index (κ2) is 4.15. The van der Waals surface area contributed by atoms with Crippen molar-refractivity contribution in [2.75, 3.05) is 0 Å². The van der Waals surface area contributed by atoms with Gasteiger partial charge in [0, 0.05) is 22.1 Å². The zero-order valence-electron chi connectivity index (χ0n) is 7.30. The quantitative estimate of drug-likeness (QED) is 0.891. The number of hydrogen-bond acceptors (Lipinski definition) is 1. The lowest BCUT2D eigenvalue weighted by atomic mass is 10.1. The van der Waals surface area contributed by atoms with Crippen LogP contribution in [0.2, 0.25) is 5.02 Å². The van der Waals surface area contributed by atoms with Crippen molar-refractivity contribution in [3.8, 4) is 0 Å². The minimum Gasteiger partial charge on any atom is -0.285 e. The van der Waals surface area contributed by atoms with Gasteiger partial charge < -0.3 is 0 Å². The molecule has 2 rings (SSSR count). The SMILES string of the molecule is Clc1cc(Br)cc(Cc2cn[nH]c2)c1. The molecule has 0 amide bonds. The summed E-state index contributed by atoms with van der Waals surface area (Å²) in [6, 6.07) is 5.89. The zero-order chi connectivity index (χ0) is 9.97. The minimum atomic E-state index is 0.748. The van der Waals surface area contributed by atoms with Crippen molar-refractivity contribution in [2.24, 2.45) is 0 Å². The number of hydrogen-bond donors (Lipinski definition) is 1. The largest absolute Gasteiger partial charge is 0.285 e. The van der Waals surface area contributed by atoms with Crippen LogP contribution in [0.1, 0.15) is 11.1 Å². The van der Waals surface area contributed by atoms with E-state index in [9.17, 15) is 0 Å². The number of H-pyrrole nitrogens is 1. The van der Waals surface area contributed by atoms with Gasteiger partial charge in [0.05, 0.1) is 6.20 Å². The van der Waals surface area contributed by atoms with Gasteiger partial charge in [-0.3, -0.25) is 5.10 Å². The Morgan fingerprint density at radius 3 is 2.79 bits per heavy atom. The van der Waals surface area contributed by atoms with E-state index in [1.165, 1.54) is 5.56 Å². The number of aromatic nitrogens is 2. The Morgan fingerprint density at radius 2 is 2.14 bits per heavy atom. The van der Waals surface area contributed by atoms with Gasteiger partial charge in [0.2, 0.25) is 0 Å². The molecule has 2 aromatic rings. The Hall–Kier alpha value is -0.800. The molecular weight excluding hydrogens is 263 g/mol. The van der Waals surface area contributed by atoms with Gasteiger partial charge in [0.25, 0.3) is 0 Å². The molecule has 0 aliphatic rings. The van der Waals surface area contributed by atoms with E-state index in [0.717, 1.165) is 21.5 Å². The minimum absolute atomic E-state index is 0.748. The van der Waals surface area contributed by atoms with Crippen molar-refractivity contribution >= 4 is 27.5 Å². The summed E-state index contributed by atoms with van der Waals surface area (Å²) in [6.45, 7) is 0. The Bertz CT molecular complexity index is 405. The highest BCUT2D eigenvalue weighted by molar-refractivity contribution is 9.10. The van der Waals surface area contributed by atoms with Crippen LogP contribution in [0, 0.1) is 0 Å². The average Bonchev–Trinajstić information content (AvgIpc) is 2.54. The Labute approximate surface area is 95.4 Å². The first-order chi connectivity index (χ1) is 6.74. The fourth-order valence-corrected chi connectivity index (χ4v) is 2.25. The second-order valence-corrected chi connectivity index (χ2v) is 4.41. The molecule has 1 N–H and O–H groups in total. The first-order valence-corrected chi connectivity index (χ1v) is 5.34. The predicted molar refractivity (Wildman–Crippen MR) is 60.5 cm³/mol. The zero-order valence-corrected chi connectivity index (χ0v) is 9.64. The standard InChI is InChI=1S/C10H8BrClN2/c11-9-2-7(3-10(12)4-9)1-8-5-13-14-6-8/h2-6H,1H2,(H,13,14). The maximum atomic E-state index is 5.94. The number of benzene rings is 1. The molecule has 0 bridgehead atoms. The molecule has 72 valence electrons. The number of rotatable bonds is 2. The van der Waals surface area contributed by atoms with Crippen LogP contribution in [-0.4, -0.2) is 10.2 Å². The monoisotopic (exact) mass is 270 g/mol. The smallest absolute Gasteiger partial charge is 0.0522 e. The van der Waals surface area contributed by atoms with Gasteiger partial charge in [-0.25, -0.2) is 0 Å². The number of halogens is 2. The number of aromatic amines is 1. The Kier molecular flexibility index (Phi) is 2.89. The summed E-state index contributed by atoms with van der Waals surface area (Å²) in [5.74, 6) is 0. The third-order valence-electron chi connectivity index (χ3n) is 1.89. The molecule has 2 nitrogen and oxygen atoms in total. The molecule has 0 aliphatic heterocycles. The third kappa shape index (κ3) is 2.36. The first-order valence-electron chi connectivity index (χ1n) is 4.16. The summed E-state index contributed by atoms with van der Waals surface area (Å²) in [6.07, 6.45) is 4.54. The molecule has 0 saturated carbocycles. The maximum absolute atomic E-state index is 5.94. The van der Waals surface area contributed by atoms with Gasteiger partial charge >= 0.3 is 0 Å². The molecule has 1 aromatic heterocycles. The fraction of sp³-hybridized carbons (Fsp3) is 0.100. The summed E-state index contributed by atoms with van der Waals surface area (Å²) in [5.41, 5.74) is 2.32. The van der Waals surface area contributed by atoms with Crippen molar-refractivity contribution in [1.82, 2.24) is 10.2 Å². The number of nitrogens with zero attached hydrogens (tertiary/aromatic N) is 1. The van der Waals surface area contributed by atoms with Gasteiger partial charge in [-0.15, -0.1) is 0 Å². The molecule has 14 heavy (non-hydrogen) atoms. The van der Waals surface area contributed by atoms with Crippen LogP contribution in [0.4, 0.5) is 0 Å². The van der Waals surface area contributed by atoms with Gasteiger partial charge in [-0.05, 0) is 29.3 Å². The predicted octanol–water partition coefficient (Wildman–Crippen LogP) is 3.42. The molecule has 0 spiro atoms. The van der Waals surface area contributed by atoms with E-state index in [1.807, 2.05) is 24.5 Å². The first kappa shape index (κ1) is 9.74. The van der Waals surface area contributed by atoms with E-state index in [2.05, 4.69) is 32.2 Å². The summed E-state index contributed by atoms with van der Waals surface area (Å²) >= 11 is 9.35. The summed E-state index contributed by atoms with van der Waals surface area (Å²) in [7, 11) is 0. The Balaban J connectivity index is 2.25. The van der Waals surface area contributed by atoms with Crippen LogP contribution in [0.25, 0.3) is 0 Å². The van der Waals surface area contributed by atoms with Crippen LogP contribution in [0.5, 0.6) is 0 Å². The molecule has 0 atom stereocenters. The normalized spacial score (nSPS) is 10.4. The molecule has 4 heteroatoms. The van der Waals surface area contributed by atoms with Crippen molar-refractivity contribution in [3.05, 3.63) is 51.2 Å². The van der Waals surface area contributed by atoms with E-state index in [4.69, 9.17) is 11.6 Å². The Morgan fingerprint density at radius 1 is 1.29 bits per heavy atom. The maximum Gasteiger partial charge on any atom is 0.0522 e. The molecule has 1 heterocycles. The summed E-state index contributed by atoms with van der Waals surface area (Å²) in [5, 5.41) is 7.43. The highest BCUT2D eigenvalue weighted by Crippen LogP contribution is 2.21. The molecule has 0 radical (unpaired) electrons. The lowest BCUT2D eigenvalue weighted by Crippen LogP contribution is -1.85. The average molecular weight is 272 g/mol. The molecule has 1 aromatic carbocycles. The summed E-state index contributed by atoms with van der Waals surface area (Å²) < 4.78 is 1.00. The van der Waals surface area contributed by atoms with E-state index in [1.54, 1.807) is 0 Å². The summed E-state index contributed by atoms with van der Waals surface area (Å²) in [4.78, 5) is 0. The fourth-order valence-electron chi connectivity index (χ4n) is 1.32.